The molecule has 1 aromatic rings. The third-order valence-corrected chi connectivity index (χ3v) is 1.87. The van der Waals surface area contributed by atoms with Crippen molar-refractivity contribution in [2.24, 2.45) is 0 Å². The summed E-state index contributed by atoms with van der Waals surface area (Å²) in [5.41, 5.74) is 1.39. The van der Waals surface area contributed by atoms with Crippen LogP contribution < -0.4 is 0 Å². The lowest BCUT2D eigenvalue weighted by Crippen LogP contribution is -2.03. The fraction of sp³-hybridized carbons (Fsp3) is 0.500. The molecule has 0 radical (unpaired) electrons. The van der Waals surface area contributed by atoms with Gasteiger partial charge in [-0.15, -0.1) is 0 Å². The molecule has 0 aliphatic rings. The molecule has 1 aromatic heterocycles. The highest BCUT2D eigenvalue weighted by molar-refractivity contribution is 5.93. The Labute approximate surface area is 78.2 Å². The van der Waals surface area contributed by atoms with Gasteiger partial charge in [-0.2, -0.15) is 0 Å². The standard InChI is InChI=1S/C10H14N2O/c1-4-10(13)9-6-11-8(5-12-9)7(2)3/h5-7H,4H2,1-3H3. The van der Waals surface area contributed by atoms with Crippen LogP contribution in [0.15, 0.2) is 12.4 Å². The Balaban J connectivity index is 2.87. The van der Waals surface area contributed by atoms with Gasteiger partial charge in [-0.3, -0.25) is 9.78 Å². The van der Waals surface area contributed by atoms with E-state index in [-0.39, 0.29) is 5.78 Å². The third-order valence-electron chi connectivity index (χ3n) is 1.87. The predicted octanol–water partition coefficient (Wildman–Crippen LogP) is 2.19. The molecule has 70 valence electrons. The zero-order valence-electron chi connectivity index (χ0n) is 8.24. The van der Waals surface area contributed by atoms with Crippen molar-refractivity contribution in [3.63, 3.8) is 0 Å². The zero-order chi connectivity index (χ0) is 9.84. The van der Waals surface area contributed by atoms with Crippen LogP contribution in [0.5, 0.6) is 0 Å². The second-order valence-corrected chi connectivity index (χ2v) is 3.26. The highest BCUT2D eigenvalue weighted by Gasteiger charge is 2.06. The average Bonchev–Trinajstić information content (AvgIpc) is 2.17. The van der Waals surface area contributed by atoms with Gasteiger partial charge in [-0.1, -0.05) is 20.8 Å². The van der Waals surface area contributed by atoms with E-state index in [1.165, 1.54) is 0 Å². The summed E-state index contributed by atoms with van der Waals surface area (Å²) in [6.45, 7) is 5.91. The first-order valence-corrected chi connectivity index (χ1v) is 4.50. The van der Waals surface area contributed by atoms with Gasteiger partial charge in [-0.25, -0.2) is 4.98 Å². The van der Waals surface area contributed by atoms with Crippen LogP contribution in [-0.2, 0) is 0 Å². The van der Waals surface area contributed by atoms with E-state index < -0.39 is 0 Å². The first-order valence-electron chi connectivity index (χ1n) is 4.50. The number of carbonyl (C=O) groups is 1. The molecular weight excluding hydrogens is 164 g/mol. The Morgan fingerprint density at radius 2 is 2.08 bits per heavy atom. The fourth-order valence-corrected chi connectivity index (χ4v) is 0.961. The Hall–Kier alpha value is -1.25. The number of aromatic nitrogens is 2. The van der Waals surface area contributed by atoms with Gasteiger partial charge >= 0.3 is 0 Å². The van der Waals surface area contributed by atoms with Gasteiger partial charge in [0.05, 0.1) is 11.9 Å². The van der Waals surface area contributed by atoms with Gasteiger partial charge in [0.1, 0.15) is 5.69 Å². The molecular formula is C10H14N2O. The minimum absolute atomic E-state index is 0.0443. The summed E-state index contributed by atoms with van der Waals surface area (Å²) in [5, 5.41) is 0. The summed E-state index contributed by atoms with van der Waals surface area (Å²) in [7, 11) is 0. The maximum absolute atomic E-state index is 11.2. The van der Waals surface area contributed by atoms with Crippen LogP contribution in [0.1, 0.15) is 49.3 Å². The molecule has 0 N–H and O–H groups in total. The predicted molar refractivity (Wildman–Crippen MR) is 50.7 cm³/mol. The number of nitrogens with zero attached hydrogens (tertiary/aromatic N) is 2. The Bertz CT molecular complexity index is 290. The minimum Gasteiger partial charge on any atom is -0.292 e. The van der Waals surface area contributed by atoms with Gasteiger partial charge in [0.15, 0.2) is 5.78 Å². The SMILES string of the molecule is CCC(=O)c1cnc(C(C)C)cn1. The van der Waals surface area contributed by atoms with Crippen molar-refractivity contribution in [2.75, 3.05) is 0 Å². The van der Waals surface area contributed by atoms with Crippen molar-refractivity contribution >= 4 is 5.78 Å². The summed E-state index contributed by atoms with van der Waals surface area (Å²) in [6, 6.07) is 0. The van der Waals surface area contributed by atoms with Crippen molar-refractivity contribution < 1.29 is 4.79 Å². The van der Waals surface area contributed by atoms with Crippen LogP contribution in [0.2, 0.25) is 0 Å². The summed E-state index contributed by atoms with van der Waals surface area (Å²) in [6.07, 6.45) is 3.71. The van der Waals surface area contributed by atoms with Crippen LogP contribution in [0, 0.1) is 0 Å². The number of ketones is 1. The van der Waals surface area contributed by atoms with E-state index >= 15 is 0 Å². The van der Waals surface area contributed by atoms with Gasteiger partial charge in [0.25, 0.3) is 0 Å². The van der Waals surface area contributed by atoms with Crippen molar-refractivity contribution in [3.8, 4) is 0 Å². The van der Waals surface area contributed by atoms with E-state index in [4.69, 9.17) is 0 Å². The molecule has 0 unspecified atom stereocenters. The molecule has 1 heterocycles. The van der Waals surface area contributed by atoms with Gasteiger partial charge in [-0.05, 0) is 5.92 Å². The molecule has 0 bridgehead atoms. The number of hydrogen-bond acceptors (Lipinski definition) is 3. The first-order chi connectivity index (χ1) is 6.15. The lowest BCUT2D eigenvalue weighted by Gasteiger charge is -2.03. The molecule has 1 rings (SSSR count). The molecule has 0 spiro atoms. The molecule has 0 aromatic carbocycles. The van der Waals surface area contributed by atoms with E-state index in [1.54, 1.807) is 12.4 Å². The Kier molecular flexibility index (Phi) is 3.12. The van der Waals surface area contributed by atoms with Crippen LogP contribution in [0.3, 0.4) is 0 Å². The van der Waals surface area contributed by atoms with E-state index in [2.05, 4.69) is 9.97 Å². The minimum atomic E-state index is 0.0443. The molecule has 0 aliphatic carbocycles. The van der Waals surface area contributed by atoms with Crippen molar-refractivity contribution in [1.82, 2.24) is 9.97 Å². The molecule has 3 nitrogen and oxygen atoms in total. The van der Waals surface area contributed by atoms with Crippen LogP contribution in [0.25, 0.3) is 0 Å². The lowest BCUT2D eigenvalue weighted by atomic mass is 10.1. The van der Waals surface area contributed by atoms with Gasteiger partial charge in [0, 0.05) is 12.6 Å². The molecule has 0 fully saturated rings. The quantitative estimate of drug-likeness (QED) is 0.666. The maximum atomic E-state index is 11.2. The molecule has 0 aliphatic heterocycles. The monoisotopic (exact) mass is 178 g/mol. The van der Waals surface area contributed by atoms with Gasteiger partial charge in [0.2, 0.25) is 0 Å². The smallest absolute Gasteiger partial charge is 0.182 e. The number of Topliss-reactive ketones (excluding diaryl/α,β-unsaturated/α-hetero) is 1. The summed E-state index contributed by atoms with van der Waals surface area (Å²) < 4.78 is 0. The molecule has 0 saturated heterocycles. The molecule has 3 heteroatoms. The summed E-state index contributed by atoms with van der Waals surface area (Å²) in [4.78, 5) is 19.4. The van der Waals surface area contributed by atoms with Crippen molar-refractivity contribution in [1.29, 1.82) is 0 Å². The Morgan fingerprint density at radius 1 is 1.38 bits per heavy atom. The van der Waals surface area contributed by atoms with E-state index in [0.717, 1.165) is 5.69 Å². The summed E-state index contributed by atoms with van der Waals surface area (Å²) >= 11 is 0. The zero-order valence-corrected chi connectivity index (χ0v) is 8.24. The number of rotatable bonds is 3. The highest BCUT2D eigenvalue weighted by Crippen LogP contribution is 2.09. The van der Waals surface area contributed by atoms with Crippen molar-refractivity contribution in [3.05, 3.63) is 23.8 Å². The van der Waals surface area contributed by atoms with Crippen LogP contribution in [-0.4, -0.2) is 15.8 Å². The first kappa shape index (κ1) is 9.84. The number of carbonyl (C=O) groups excluding carboxylic acids is 1. The van der Waals surface area contributed by atoms with Gasteiger partial charge < -0.3 is 0 Å². The van der Waals surface area contributed by atoms with Crippen LogP contribution >= 0.6 is 0 Å². The second-order valence-electron chi connectivity index (χ2n) is 3.26. The fourth-order valence-electron chi connectivity index (χ4n) is 0.961. The molecule has 0 atom stereocenters. The van der Waals surface area contributed by atoms with E-state index in [0.29, 0.717) is 18.0 Å². The van der Waals surface area contributed by atoms with E-state index in [9.17, 15) is 4.79 Å². The molecule has 13 heavy (non-hydrogen) atoms. The molecule has 0 saturated carbocycles. The second kappa shape index (κ2) is 4.12. The Morgan fingerprint density at radius 3 is 2.46 bits per heavy atom. The lowest BCUT2D eigenvalue weighted by molar-refractivity contribution is 0.0983. The third kappa shape index (κ3) is 2.34. The largest absolute Gasteiger partial charge is 0.292 e. The van der Waals surface area contributed by atoms with Crippen molar-refractivity contribution in [2.45, 2.75) is 33.1 Å². The molecule has 0 amide bonds. The van der Waals surface area contributed by atoms with E-state index in [1.807, 2.05) is 20.8 Å². The average molecular weight is 178 g/mol. The topological polar surface area (TPSA) is 42.9 Å². The van der Waals surface area contributed by atoms with Crippen LogP contribution in [0.4, 0.5) is 0 Å². The summed E-state index contributed by atoms with van der Waals surface area (Å²) in [5.74, 6) is 0.404. The maximum Gasteiger partial charge on any atom is 0.182 e. The normalized spacial score (nSPS) is 10.5. The highest BCUT2D eigenvalue weighted by atomic mass is 16.1. The number of hydrogen-bond donors (Lipinski definition) is 0.